The van der Waals surface area contributed by atoms with Crippen LogP contribution in [0.25, 0.3) is 0 Å². The average molecular weight is 271 g/mol. The first-order valence-electron chi connectivity index (χ1n) is 7.32. The van der Waals surface area contributed by atoms with E-state index in [1.807, 2.05) is 0 Å². The Kier molecular flexibility index (Phi) is 1.99. The van der Waals surface area contributed by atoms with Crippen molar-refractivity contribution in [2.24, 2.45) is 0 Å². The minimum atomic E-state index is -0.328. The second-order valence-corrected chi connectivity index (χ2v) is 6.24. The highest BCUT2D eigenvalue weighted by Gasteiger charge is 2.57. The highest BCUT2D eigenvalue weighted by molar-refractivity contribution is 5.56. The van der Waals surface area contributed by atoms with E-state index in [2.05, 4.69) is 29.2 Å². The maximum atomic E-state index is 10.7. The Morgan fingerprint density at radius 2 is 2.10 bits per heavy atom. The van der Waals surface area contributed by atoms with Gasteiger partial charge in [0.15, 0.2) is 11.5 Å². The summed E-state index contributed by atoms with van der Waals surface area (Å²) in [6.45, 7) is 1.97. The van der Waals surface area contributed by atoms with Crippen LogP contribution in [0.5, 0.6) is 11.5 Å². The largest absolute Gasteiger partial charge is 0.454 e. The fourth-order valence-corrected chi connectivity index (χ4v) is 4.56. The van der Waals surface area contributed by atoms with E-state index in [-0.39, 0.29) is 11.5 Å². The van der Waals surface area contributed by atoms with Gasteiger partial charge in [0.25, 0.3) is 0 Å². The van der Waals surface area contributed by atoms with E-state index in [0.29, 0.717) is 12.8 Å². The Hall–Kier alpha value is -1.52. The first-order valence-corrected chi connectivity index (χ1v) is 7.32. The number of benzene rings is 1. The maximum Gasteiger partial charge on any atom is 0.231 e. The van der Waals surface area contributed by atoms with E-state index < -0.39 is 0 Å². The molecule has 0 radical (unpaired) electrons. The Bertz CT molecular complexity index is 626. The molecular formula is C16H17NO3. The summed E-state index contributed by atoms with van der Waals surface area (Å²) in [7, 11) is 0. The highest BCUT2D eigenvalue weighted by atomic mass is 16.7. The Morgan fingerprint density at radius 3 is 3.00 bits per heavy atom. The van der Waals surface area contributed by atoms with Gasteiger partial charge in [0, 0.05) is 19.1 Å². The predicted octanol–water partition coefficient (Wildman–Crippen LogP) is 1.56. The number of rotatable bonds is 0. The second-order valence-electron chi connectivity index (χ2n) is 6.24. The van der Waals surface area contributed by atoms with E-state index in [1.165, 1.54) is 11.1 Å². The molecular weight excluding hydrogens is 254 g/mol. The smallest absolute Gasteiger partial charge is 0.231 e. The molecule has 1 aromatic carbocycles. The molecule has 5 rings (SSSR count). The predicted molar refractivity (Wildman–Crippen MR) is 72.8 cm³/mol. The van der Waals surface area contributed by atoms with Crippen LogP contribution >= 0.6 is 0 Å². The summed E-state index contributed by atoms with van der Waals surface area (Å²) in [5.41, 5.74) is 2.27. The van der Waals surface area contributed by atoms with Crippen LogP contribution in [0.15, 0.2) is 24.3 Å². The van der Waals surface area contributed by atoms with E-state index in [0.717, 1.165) is 37.4 Å². The van der Waals surface area contributed by atoms with Crippen molar-refractivity contribution in [3.8, 4) is 11.5 Å². The summed E-state index contributed by atoms with van der Waals surface area (Å²) < 4.78 is 11.0. The molecule has 1 aromatic rings. The first kappa shape index (κ1) is 11.2. The third-order valence-electron chi connectivity index (χ3n) is 5.39. The van der Waals surface area contributed by atoms with Crippen LogP contribution in [0.2, 0.25) is 0 Å². The molecule has 4 atom stereocenters. The van der Waals surface area contributed by atoms with Crippen LogP contribution in [-0.2, 0) is 12.0 Å². The molecule has 0 amide bonds. The van der Waals surface area contributed by atoms with E-state index in [1.54, 1.807) is 0 Å². The molecule has 0 aromatic heterocycles. The summed E-state index contributed by atoms with van der Waals surface area (Å²) in [6, 6.07) is 4.63. The lowest BCUT2D eigenvalue weighted by molar-refractivity contribution is 0.130. The topological polar surface area (TPSA) is 41.9 Å². The zero-order valence-corrected chi connectivity index (χ0v) is 11.2. The Labute approximate surface area is 117 Å². The van der Waals surface area contributed by atoms with Crippen LogP contribution in [0.3, 0.4) is 0 Å². The summed E-state index contributed by atoms with van der Waals surface area (Å²) in [5.74, 6) is 1.66. The van der Waals surface area contributed by atoms with Crippen LogP contribution in [0.1, 0.15) is 24.0 Å². The molecule has 4 nitrogen and oxygen atoms in total. The fourth-order valence-electron chi connectivity index (χ4n) is 4.56. The summed E-state index contributed by atoms with van der Waals surface area (Å²) in [6.07, 6.45) is 6.37. The van der Waals surface area contributed by atoms with Crippen molar-refractivity contribution < 1.29 is 14.6 Å². The van der Waals surface area contributed by atoms with E-state index in [4.69, 9.17) is 9.47 Å². The van der Waals surface area contributed by atoms with Crippen molar-refractivity contribution in [1.82, 2.24) is 4.90 Å². The molecule has 4 aliphatic rings. The van der Waals surface area contributed by atoms with Crippen molar-refractivity contribution >= 4 is 0 Å². The van der Waals surface area contributed by atoms with Crippen molar-refractivity contribution in [3.05, 3.63) is 35.4 Å². The lowest BCUT2D eigenvalue weighted by Gasteiger charge is -2.45. The van der Waals surface area contributed by atoms with Gasteiger partial charge in [-0.15, -0.1) is 0 Å². The van der Waals surface area contributed by atoms with Gasteiger partial charge in [-0.05, 0) is 36.1 Å². The molecule has 104 valence electrons. The molecule has 0 spiro atoms. The van der Waals surface area contributed by atoms with E-state index >= 15 is 0 Å². The number of nitrogens with zero attached hydrogens (tertiary/aromatic N) is 1. The van der Waals surface area contributed by atoms with Gasteiger partial charge < -0.3 is 14.6 Å². The number of aliphatic hydroxyl groups is 1. The van der Waals surface area contributed by atoms with Crippen molar-refractivity contribution in [2.75, 3.05) is 13.3 Å². The zero-order valence-electron chi connectivity index (χ0n) is 11.2. The van der Waals surface area contributed by atoms with Crippen LogP contribution in [0.4, 0.5) is 0 Å². The van der Waals surface area contributed by atoms with Crippen LogP contribution in [0, 0.1) is 0 Å². The van der Waals surface area contributed by atoms with Gasteiger partial charge in [-0.2, -0.15) is 0 Å². The molecule has 3 aliphatic heterocycles. The van der Waals surface area contributed by atoms with Crippen molar-refractivity contribution in [1.29, 1.82) is 0 Å². The average Bonchev–Trinajstić information content (AvgIpc) is 2.99. The highest BCUT2D eigenvalue weighted by Crippen LogP contribution is 2.53. The molecule has 1 aliphatic carbocycles. The Morgan fingerprint density at radius 1 is 1.25 bits per heavy atom. The summed E-state index contributed by atoms with van der Waals surface area (Å²) >= 11 is 0. The molecule has 20 heavy (non-hydrogen) atoms. The van der Waals surface area contributed by atoms with Gasteiger partial charge in [-0.3, -0.25) is 4.90 Å². The molecule has 0 saturated carbocycles. The van der Waals surface area contributed by atoms with Gasteiger partial charge >= 0.3 is 0 Å². The number of hydrogen-bond acceptors (Lipinski definition) is 4. The molecule has 1 fully saturated rings. The minimum absolute atomic E-state index is 0.243. The lowest BCUT2D eigenvalue weighted by atomic mass is 9.66. The third-order valence-corrected chi connectivity index (χ3v) is 5.39. The zero-order chi connectivity index (χ0) is 13.3. The number of hydrogen-bond donors (Lipinski definition) is 1. The van der Waals surface area contributed by atoms with Gasteiger partial charge in [0.05, 0.1) is 11.5 Å². The molecule has 2 unspecified atom stereocenters. The van der Waals surface area contributed by atoms with Gasteiger partial charge in [-0.25, -0.2) is 0 Å². The standard InChI is InChI=1S/C16H17NO3/c18-15-8-17-7-10-5-12-13(20-9-19-12)6-11(10)16(15)4-2-1-3-14(16)17/h2,4-6,14-15,18H,1,3,7-9H2/t14-,15?,16+/m0/s1. The third kappa shape index (κ3) is 1.15. The Balaban J connectivity index is 1.78. The number of fused-ring (bicyclic) bond motifs is 2. The number of allylic oxidation sites excluding steroid dienone is 1. The molecule has 1 N–H and O–H groups in total. The van der Waals surface area contributed by atoms with Crippen molar-refractivity contribution in [3.63, 3.8) is 0 Å². The van der Waals surface area contributed by atoms with Gasteiger partial charge in [0.1, 0.15) is 0 Å². The summed E-state index contributed by atoms with van der Waals surface area (Å²) in [5, 5.41) is 10.7. The van der Waals surface area contributed by atoms with Crippen molar-refractivity contribution in [2.45, 2.75) is 36.9 Å². The number of ether oxygens (including phenoxy) is 2. The molecule has 2 bridgehead atoms. The summed E-state index contributed by atoms with van der Waals surface area (Å²) in [4.78, 5) is 2.43. The van der Waals surface area contributed by atoms with Crippen LogP contribution in [-0.4, -0.2) is 35.5 Å². The minimum Gasteiger partial charge on any atom is -0.454 e. The fraction of sp³-hybridized carbons (Fsp3) is 0.500. The SMILES string of the molecule is OC1CN2Cc3cc4c(cc3[C@@]13C=CCC[C@H]23)OCO4. The van der Waals surface area contributed by atoms with E-state index in [9.17, 15) is 5.11 Å². The normalized spacial score (nSPS) is 39.5. The first-order chi connectivity index (χ1) is 9.79. The van der Waals surface area contributed by atoms with Crippen LogP contribution < -0.4 is 9.47 Å². The number of aliphatic hydroxyl groups excluding tert-OH is 1. The molecule has 3 heterocycles. The maximum absolute atomic E-state index is 10.7. The van der Waals surface area contributed by atoms with Gasteiger partial charge in [-0.1, -0.05) is 12.2 Å². The second kappa shape index (κ2) is 3.57. The van der Waals surface area contributed by atoms with Gasteiger partial charge in [0.2, 0.25) is 6.79 Å². The quantitative estimate of drug-likeness (QED) is 0.727. The molecule has 1 saturated heterocycles. The lowest BCUT2D eigenvalue weighted by Crippen LogP contribution is -2.49. The molecule has 4 heteroatoms. The monoisotopic (exact) mass is 271 g/mol.